The number of fused-ring (bicyclic) bond motifs is 3. The van der Waals surface area contributed by atoms with Crippen molar-refractivity contribution in [2.45, 2.75) is 31.5 Å². The number of benzene rings is 2. The van der Waals surface area contributed by atoms with Crippen LogP contribution in [0.5, 0.6) is 0 Å². The van der Waals surface area contributed by atoms with Gasteiger partial charge in [-0.2, -0.15) is 0 Å². The minimum atomic E-state index is -0.448. The van der Waals surface area contributed by atoms with E-state index in [0.29, 0.717) is 25.7 Å². The minimum Gasteiger partial charge on any atom is -0.395 e. The molecule has 2 N–H and O–H groups in total. The highest BCUT2D eigenvalue weighted by atomic mass is 16.3. The Labute approximate surface area is 141 Å². The van der Waals surface area contributed by atoms with Crippen molar-refractivity contribution in [3.05, 3.63) is 48.5 Å². The summed E-state index contributed by atoms with van der Waals surface area (Å²) in [4.78, 5) is 2.22. The molecule has 0 aliphatic heterocycles. The van der Waals surface area contributed by atoms with Crippen molar-refractivity contribution >= 4 is 21.8 Å². The smallest absolute Gasteiger partial charge is 0.0846 e. The van der Waals surface area contributed by atoms with Crippen molar-refractivity contribution in [2.75, 3.05) is 19.7 Å². The minimum absolute atomic E-state index is 0.151. The van der Waals surface area contributed by atoms with E-state index in [0.717, 1.165) is 11.0 Å². The molecule has 1 aliphatic rings. The maximum absolute atomic E-state index is 10.7. The number of aliphatic hydroxyl groups is 2. The highest BCUT2D eigenvalue weighted by molar-refractivity contribution is 6.07. The number of aromatic nitrogens is 1. The monoisotopic (exact) mass is 324 g/mol. The molecule has 1 unspecified atom stereocenters. The molecule has 1 heterocycles. The van der Waals surface area contributed by atoms with Gasteiger partial charge in [0.2, 0.25) is 0 Å². The first-order chi connectivity index (χ1) is 11.8. The second-order valence-corrected chi connectivity index (χ2v) is 6.75. The first-order valence-electron chi connectivity index (χ1n) is 8.77. The van der Waals surface area contributed by atoms with Crippen LogP contribution in [0.4, 0.5) is 0 Å². The molecule has 1 aliphatic carbocycles. The lowest BCUT2D eigenvalue weighted by atomic mass is 10.2. The zero-order valence-electron chi connectivity index (χ0n) is 13.8. The van der Waals surface area contributed by atoms with E-state index >= 15 is 0 Å². The molecule has 3 aromatic rings. The Kier molecular flexibility index (Phi) is 4.27. The summed E-state index contributed by atoms with van der Waals surface area (Å²) in [5.41, 5.74) is 2.33. The van der Waals surface area contributed by atoms with E-state index in [9.17, 15) is 10.2 Å². The predicted molar refractivity (Wildman–Crippen MR) is 97.1 cm³/mol. The van der Waals surface area contributed by atoms with Crippen LogP contribution in [-0.4, -0.2) is 51.5 Å². The van der Waals surface area contributed by atoms with Gasteiger partial charge in [0.15, 0.2) is 0 Å². The van der Waals surface area contributed by atoms with Crippen LogP contribution in [0.15, 0.2) is 48.5 Å². The largest absolute Gasteiger partial charge is 0.395 e. The van der Waals surface area contributed by atoms with Crippen LogP contribution in [0.1, 0.15) is 12.8 Å². The Balaban J connectivity index is 1.63. The average Bonchev–Trinajstić information content (AvgIpc) is 3.40. The third-order valence-corrected chi connectivity index (χ3v) is 4.97. The van der Waals surface area contributed by atoms with Gasteiger partial charge in [0.1, 0.15) is 0 Å². The fourth-order valence-electron chi connectivity index (χ4n) is 3.73. The van der Waals surface area contributed by atoms with E-state index in [1.807, 2.05) is 12.1 Å². The van der Waals surface area contributed by atoms with E-state index in [1.165, 1.54) is 23.6 Å². The molecule has 1 fully saturated rings. The van der Waals surface area contributed by atoms with Crippen molar-refractivity contribution < 1.29 is 10.2 Å². The van der Waals surface area contributed by atoms with Crippen LogP contribution in [-0.2, 0) is 6.54 Å². The number of aliphatic hydroxyl groups excluding tert-OH is 2. The van der Waals surface area contributed by atoms with E-state index in [2.05, 4.69) is 45.9 Å². The summed E-state index contributed by atoms with van der Waals surface area (Å²) in [6.45, 7) is 1.99. The summed E-state index contributed by atoms with van der Waals surface area (Å²) >= 11 is 0. The molecule has 4 nitrogen and oxygen atoms in total. The molecule has 1 atom stereocenters. The second kappa shape index (κ2) is 6.55. The van der Waals surface area contributed by atoms with Gasteiger partial charge in [-0.05, 0) is 25.0 Å². The van der Waals surface area contributed by atoms with Crippen molar-refractivity contribution in [1.29, 1.82) is 0 Å². The molecule has 2 aromatic carbocycles. The highest BCUT2D eigenvalue weighted by Crippen LogP contribution is 2.30. The van der Waals surface area contributed by atoms with Gasteiger partial charge < -0.3 is 14.8 Å². The lowest BCUT2D eigenvalue weighted by Gasteiger charge is -2.24. The van der Waals surface area contributed by atoms with Crippen LogP contribution in [0.2, 0.25) is 0 Å². The number of hydrogen-bond donors (Lipinski definition) is 2. The molecule has 0 spiro atoms. The van der Waals surface area contributed by atoms with Gasteiger partial charge >= 0.3 is 0 Å². The molecule has 0 saturated heterocycles. The predicted octanol–water partition coefficient (Wildman–Crippen LogP) is 2.61. The SMILES string of the molecule is OCCN(CC(O)Cn1c2ccccc2c2ccccc21)C1CC1. The molecule has 0 amide bonds. The number of hydrogen-bond acceptors (Lipinski definition) is 3. The third-order valence-electron chi connectivity index (χ3n) is 4.97. The van der Waals surface area contributed by atoms with Gasteiger partial charge in [0, 0.05) is 40.9 Å². The lowest BCUT2D eigenvalue weighted by molar-refractivity contribution is 0.0850. The third kappa shape index (κ3) is 2.93. The van der Waals surface area contributed by atoms with Gasteiger partial charge in [-0.25, -0.2) is 0 Å². The molecule has 4 rings (SSSR count). The molecule has 0 radical (unpaired) electrons. The van der Waals surface area contributed by atoms with Gasteiger partial charge in [-0.15, -0.1) is 0 Å². The summed E-state index contributed by atoms with van der Waals surface area (Å²) in [6.07, 6.45) is 1.92. The summed E-state index contributed by atoms with van der Waals surface area (Å²) in [7, 11) is 0. The summed E-state index contributed by atoms with van der Waals surface area (Å²) in [5, 5.41) is 22.4. The number of para-hydroxylation sites is 2. The lowest BCUT2D eigenvalue weighted by Crippen LogP contribution is -2.38. The number of rotatable bonds is 7. The van der Waals surface area contributed by atoms with Crippen molar-refractivity contribution in [1.82, 2.24) is 9.47 Å². The Morgan fingerprint density at radius 1 is 1.00 bits per heavy atom. The molecule has 1 saturated carbocycles. The Hall–Kier alpha value is -1.88. The Bertz CT molecular complexity index is 785. The molecule has 4 heteroatoms. The van der Waals surface area contributed by atoms with Crippen molar-refractivity contribution in [3.8, 4) is 0 Å². The fraction of sp³-hybridized carbons (Fsp3) is 0.400. The quantitative estimate of drug-likeness (QED) is 0.702. The molecule has 0 bridgehead atoms. The summed E-state index contributed by atoms with van der Waals surface area (Å²) < 4.78 is 2.22. The van der Waals surface area contributed by atoms with Crippen LogP contribution in [0, 0.1) is 0 Å². The highest BCUT2D eigenvalue weighted by Gasteiger charge is 2.30. The zero-order valence-corrected chi connectivity index (χ0v) is 13.8. The van der Waals surface area contributed by atoms with Gasteiger partial charge in [0.05, 0.1) is 19.3 Å². The van der Waals surface area contributed by atoms with Crippen molar-refractivity contribution in [2.24, 2.45) is 0 Å². The van der Waals surface area contributed by atoms with Crippen LogP contribution in [0.25, 0.3) is 21.8 Å². The standard InChI is InChI=1S/C20H24N2O2/c23-12-11-21(15-9-10-15)13-16(24)14-22-19-7-3-1-5-17(19)18-6-2-4-8-20(18)22/h1-8,15-16,23-24H,9-14H2. The summed E-state index contributed by atoms with van der Waals surface area (Å²) in [5.74, 6) is 0. The first-order valence-corrected chi connectivity index (χ1v) is 8.77. The van der Waals surface area contributed by atoms with Crippen LogP contribution < -0.4 is 0 Å². The van der Waals surface area contributed by atoms with E-state index in [1.54, 1.807) is 0 Å². The second-order valence-electron chi connectivity index (χ2n) is 6.75. The Morgan fingerprint density at radius 3 is 2.12 bits per heavy atom. The normalized spacial score (nSPS) is 16.3. The maximum Gasteiger partial charge on any atom is 0.0846 e. The molecular weight excluding hydrogens is 300 g/mol. The van der Waals surface area contributed by atoms with E-state index < -0.39 is 6.10 Å². The van der Waals surface area contributed by atoms with E-state index in [-0.39, 0.29) is 6.61 Å². The van der Waals surface area contributed by atoms with Gasteiger partial charge in [-0.3, -0.25) is 4.90 Å². The maximum atomic E-state index is 10.7. The van der Waals surface area contributed by atoms with Gasteiger partial charge in [0.25, 0.3) is 0 Å². The average molecular weight is 324 g/mol. The van der Waals surface area contributed by atoms with Crippen molar-refractivity contribution in [3.63, 3.8) is 0 Å². The van der Waals surface area contributed by atoms with E-state index in [4.69, 9.17) is 0 Å². The molecule has 126 valence electrons. The number of nitrogens with zero attached hydrogens (tertiary/aromatic N) is 2. The zero-order chi connectivity index (χ0) is 16.5. The van der Waals surface area contributed by atoms with Crippen LogP contribution in [0.3, 0.4) is 0 Å². The van der Waals surface area contributed by atoms with Gasteiger partial charge in [-0.1, -0.05) is 36.4 Å². The molecule has 1 aromatic heterocycles. The fourth-order valence-corrected chi connectivity index (χ4v) is 3.73. The molecular formula is C20H24N2O2. The topological polar surface area (TPSA) is 48.6 Å². The Morgan fingerprint density at radius 2 is 1.58 bits per heavy atom. The summed E-state index contributed by atoms with van der Waals surface area (Å²) in [6, 6.07) is 17.3. The van der Waals surface area contributed by atoms with Crippen LogP contribution >= 0.6 is 0 Å². The first kappa shape index (κ1) is 15.6. The molecule has 24 heavy (non-hydrogen) atoms.